The summed E-state index contributed by atoms with van der Waals surface area (Å²) in [4.78, 5) is 12.9. The number of nitrogens with one attached hydrogen (secondary N) is 1. The van der Waals surface area contributed by atoms with Crippen LogP contribution in [0.25, 0.3) is 0 Å². The Labute approximate surface area is 162 Å². The molecule has 0 aromatic heterocycles. The molecule has 0 saturated carbocycles. The summed E-state index contributed by atoms with van der Waals surface area (Å²) < 4.78 is 19.7. The van der Waals surface area contributed by atoms with Gasteiger partial charge in [0.25, 0.3) is 0 Å². The lowest BCUT2D eigenvalue weighted by Crippen LogP contribution is -2.38. The standard InChI is InChI=1S/C20H20Cl2FNO2/c1-12(15-10-18(23)17(22)11-16(15)21)24-20(25)14-8-5-9-26-19(14)13-6-3-2-4-7-13/h2-4,6-7,10-12,14,19H,5,8-9H2,1H3,(H,24,25). The van der Waals surface area contributed by atoms with Gasteiger partial charge in [-0.2, -0.15) is 0 Å². The Bertz CT molecular complexity index is 785. The molecule has 138 valence electrons. The minimum absolute atomic E-state index is 0.0397. The number of carbonyl (C=O) groups excluding carboxylic acids is 1. The summed E-state index contributed by atoms with van der Waals surface area (Å²) in [6.45, 7) is 2.40. The quantitative estimate of drug-likeness (QED) is 0.696. The highest BCUT2D eigenvalue weighted by Crippen LogP contribution is 2.35. The van der Waals surface area contributed by atoms with Gasteiger partial charge in [0.2, 0.25) is 5.91 Å². The number of halogens is 3. The first-order valence-corrected chi connectivity index (χ1v) is 9.34. The van der Waals surface area contributed by atoms with Crippen LogP contribution in [0.1, 0.15) is 43.0 Å². The number of hydrogen-bond donors (Lipinski definition) is 1. The monoisotopic (exact) mass is 395 g/mol. The van der Waals surface area contributed by atoms with E-state index < -0.39 is 11.9 Å². The predicted molar refractivity (Wildman–Crippen MR) is 101 cm³/mol. The average molecular weight is 396 g/mol. The molecule has 1 aliphatic rings. The number of benzene rings is 2. The van der Waals surface area contributed by atoms with Gasteiger partial charge in [-0.1, -0.05) is 53.5 Å². The molecule has 0 aliphatic carbocycles. The Morgan fingerprint density at radius 3 is 2.69 bits per heavy atom. The maximum absolute atomic E-state index is 13.8. The lowest BCUT2D eigenvalue weighted by Gasteiger charge is -2.32. The van der Waals surface area contributed by atoms with Crippen LogP contribution in [0.15, 0.2) is 42.5 Å². The van der Waals surface area contributed by atoms with Crippen molar-refractivity contribution in [3.05, 3.63) is 69.5 Å². The summed E-state index contributed by atoms with van der Waals surface area (Å²) in [5.74, 6) is -0.989. The molecule has 0 radical (unpaired) electrons. The number of carbonyl (C=O) groups is 1. The molecule has 3 unspecified atom stereocenters. The molecule has 1 N–H and O–H groups in total. The van der Waals surface area contributed by atoms with E-state index in [4.69, 9.17) is 27.9 Å². The van der Waals surface area contributed by atoms with Crippen molar-refractivity contribution >= 4 is 29.1 Å². The first kappa shape index (κ1) is 19.2. The van der Waals surface area contributed by atoms with Crippen molar-refractivity contribution in [2.75, 3.05) is 6.61 Å². The van der Waals surface area contributed by atoms with Crippen molar-refractivity contribution in [2.24, 2.45) is 5.92 Å². The van der Waals surface area contributed by atoms with Crippen LogP contribution in [-0.2, 0) is 9.53 Å². The van der Waals surface area contributed by atoms with Crippen molar-refractivity contribution in [3.8, 4) is 0 Å². The van der Waals surface area contributed by atoms with Crippen molar-refractivity contribution in [1.29, 1.82) is 0 Å². The first-order valence-electron chi connectivity index (χ1n) is 8.58. The molecule has 1 fully saturated rings. The molecular formula is C20H20Cl2FNO2. The van der Waals surface area contributed by atoms with Crippen LogP contribution >= 0.6 is 23.2 Å². The number of hydrogen-bond acceptors (Lipinski definition) is 2. The van der Waals surface area contributed by atoms with Gasteiger partial charge in [-0.25, -0.2) is 4.39 Å². The normalized spacial score (nSPS) is 21.2. The van der Waals surface area contributed by atoms with Crippen LogP contribution in [0.3, 0.4) is 0 Å². The summed E-state index contributed by atoms with van der Waals surface area (Å²) in [6, 6.07) is 11.9. The smallest absolute Gasteiger partial charge is 0.226 e. The van der Waals surface area contributed by atoms with E-state index in [0.29, 0.717) is 17.2 Å². The van der Waals surface area contributed by atoms with E-state index in [2.05, 4.69) is 5.32 Å². The molecule has 1 aliphatic heterocycles. The molecule has 2 aromatic carbocycles. The van der Waals surface area contributed by atoms with Crippen LogP contribution in [0.5, 0.6) is 0 Å². The number of amides is 1. The molecule has 2 aromatic rings. The minimum atomic E-state index is -0.560. The lowest BCUT2D eigenvalue weighted by molar-refractivity contribution is -0.135. The zero-order valence-corrected chi connectivity index (χ0v) is 15.9. The second-order valence-corrected chi connectivity index (χ2v) is 7.28. The number of rotatable bonds is 4. The van der Waals surface area contributed by atoms with Gasteiger partial charge in [-0.15, -0.1) is 0 Å². The second-order valence-electron chi connectivity index (χ2n) is 6.47. The summed E-state index contributed by atoms with van der Waals surface area (Å²) >= 11 is 11.9. The molecule has 1 saturated heterocycles. The molecule has 26 heavy (non-hydrogen) atoms. The Morgan fingerprint density at radius 2 is 1.96 bits per heavy atom. The topological polar surface area (TPSA) is 38.3 Å². The van der Waals surface area contributed by atoms with Gasteiger partial charge < -0.3 is 10.1 Å². The van der Waals surface area contributed by atoms with Gasteiger partial charge in [0.15, 0.2) is 0 Å². The van der Waals surface area contributed by atoms with Gasteiger partial charge >= 0.3 is 0 Å². The third-order valence-corrected chi connectivity index (χ3v) is 5.27. The van der Waals surface area contributed by atoms with E-state index in [0.717, 1.165) is 18.4 Å². The highest BCUT2D eigenvalue weighted by Gasteiger charge is 2.33. The largest absolute Gasteiger partial charge is 0.373 e. The van der Waals surface area contributed by atoms with E-state index in [1.807, 2.05) is 30.3 Å². The molecule has 1 amide bonds. The Balaban J connectivity index is 1.76. The average Bonchev–Trinajstić information content (AvgIpc) is 2.65. The fourth-order valence-corrected chi connectivity index (χ4v) is 3.84. The maximum atomic E-state index is 13.8. The predicted octanol–water partition coefficient (Wildman–Crippen LogP) is 5.48. The van der Waals surface area contributed by atoms with Gasteiger partial charge in [0.05, 0.1) is 23.1 Å². The molecule has 3 atom stereocenters. The van der Waals surface area contributed by atoms with Gasteiger partial charge in [-0.05, 0) is 43.0 Å². The molecule has 0 spiro atoms. The molecule has 3 nitrogen and oxygen atoms in total. The summed E-state index contributed by atoms with van der Waals surface area (Å²) in [5, 5.41) is 3.22. The molecule has 6 heteroatoms. The third kappa shape index (κ3) is 4.20. The van der Waals surface area contributed by atoms with E-state index >= 15 is 0 Å². The molecular weight excluding hydrogens is 376 g/mol. The second kappa shape index (κ2) is 8.38. The highest BCUT2D eigenvalue weighted by atomic mass is 35.5. The van der Waals surface area contributed by atoms with Crippen LogP contribution in [-0.4, -0.2) is 12.5 Å². The zero-order valence-electron chi connectivity index (χ0n) is 14.3. The van der Waals surface area contributed by atoms with E-state index in [9.17, 15) is 9.18 Å². The molecule has 0 bridgehead atoms. The Hall–Kier alpha value is -1.62. The van der Waals surface area contributed by atoms with Crippen LogP contribution < -0.4 is 5.32 Å². The highest BCUT2D eigenvalue weighted by molar-refractivity contribution is 6.35. The Morgan fingerprint density at radius 1 is 1.23 bits per heavy atom. The van der Waals surface area contributed by atoms with Crippen molar-refractivity contribution in [3.63, 3.8) is 0 Å². The summed E-state index contributed by atoms with van der Waals surface area (Å²) in [6.07, 6.45) is 1.28. The van der Waals surface area contributed by atoms with E-state index in [1.54, 1.807) is 6.92 Å². The maximum Gasteiger partial charge on any atom is 0.226 e. The van der Waals surface area contributed by atoms with Crippen LogP contribution in [0.4, 0.5) is 4.39 Å². The van der Waals surface area contributed by atoms with Crippen LogP contribution in [0, 0.1) is 11.7 Å². The van der Waals surface area contributed by atoms with Crippen molar-refractivity contribution in [2.45, 2.75) is 31.9 Å². The van der Waals surface area contributed by atoms with Gasteiger partial charge in [0, 0.05) is 11.6 Å². The Kier molecular flexibility index (Phi) is 6.17. The van der Waals surface area contributed by atoms with Gasteiger partial charge in [-0.3, -0.25) is 4.79 Å². The van der Waals surface area contributed by atoms with Gasteiger partial charge in [0.1, 0.15) is 5.82 Å². The summed E-state index contributed by atoms with van der Waals surface area (Å²) in [5.41, 5.74) is 1.48. The van der Waals surface area contributed by atoms with Crippen molar-refractivity contribution < 1.29 is 13.9 Å². The fraction of sp³-hybridized carbons (Fsp3) is 0.350. The molecule has 3 rings (SSSR count). The fourth-order valence-electron chi connectivity index (χ4n) is 3.29. The first-order chi connectivity index (χ1) is 12.5. The zero-order chi connectivity index (χ0) is 18.7. The SMILES string of the molecule is CC(NC(=O)C1CCCOC1c1ccccc1)c1cc(F)c(Cl)cc1Cl. The lowest BCUT2D eigenvalue weighted by atomic mass is 9.88. The van der Waals surface area contributed by atoms with Crippen molar-refractivity contribution in [1.82, 2.24) is 5.32 Å². The minimum Gasteiger partial charge on any atom is -0.373 e. The molecule has 1 heterocycles. The van der Waals surface area contributed by atoms with Crippen LogP contribution in [0.2, 0.25) is 10.0 Å². The number of ether oxygens (including phenoxy) is 1. The third-order valence-electron chi connectivity index (χ3n) is 4.65. The van der Waals surface area contributed by atoms with E-state index in [-0.39, 0.29) is 23.0 Å². The summed E-state index contributed by atoms with van der Waals surface area (Å²) in [7, 11) is 0. The van der Waals surface area contributed by atoms with E-state index in [1.165, 1.54) is 12.1 Å².